The molecule has 0 bridgehead atoms. The lowest BCUT2D eigenvalue weighted by Gasteiger charge is -2.24. The van der Waals surface area contributed by atoms with Crippen LogP contribution >= 0.6 is 0 Å². The van der Waals surface area contributed by atoms with Gasteiger partial charge in [0, 0.05) is 0 Å². The monoisotopic (exact) mass is 218 g/mol. The first-order valence-corrected chi connectivity index (χ1v) is 7.06. The molecule has 0 fully saturated rings. The second kappa shape index (κ2) is 5.21. The molecule has 0 heterocycles. The molecule has 0 unspecified atom stereocenters. The standard InChI is InChI=1S/C16H26/c1-16(2)12-8-7-11-15(13-16)14-9-5-3-4-6-10-14/h9,11H,3-8,10,12-13H2,1-2H3. The summed E-state index contributed by atoms with van der Waals surface area (Å²) in [7, 11) is 0. The van der Waals surface area contributed by atoms with Gasteiger partial charge in [0.1, 0.15) is 0 Å². The largest absolute Gasteiger partial charge is 0.0811 e. The van der Waals surface area contributed by atoms with Crippen LogP contribution in [-0.4, -0.2) is 0 Å². The van der Waals surface area contributed by atoms with Crippen LogP contribution in [0.15, 0.2) is 23.3 Å². The summed E-state index contributed by atoms with van der Waals surface area (Å²) in [6.07, 6.45) is 17.3. The maximum atomic E-state index is 2.53. The van der Waals surface area contributed by atoms with E-state index in [2.05, 4.69) is 26.0 Å². The van der Waals surface area contributed by atoms with Gasteiger partial charge >= 0.3 is 0 Å². The third-order valence-electron chi connectivity index (χ3n) is 4.07. The molecule has 0 nitrogen and oxygen atoms in total. The van der Waals surface area contributed by atoms with E-state index in [1.54, 1.807) is 11.1 Å². The quantitative estimate of drug-likeness (QED) is 0.552. The molecule has 0 saturated carbocycles. The summed E-state index contributed by atoms with van der Waals surface area (Å²) in [6, 6.07) is 0. The highest BCUT2D eigenvalue weighted by Gasteiger charge is 2.23. The lowest BCUT2D eigenvalue weighted by atomic mass is 9.81. The lowest BCUT2D eigenvalue weighted by Crippen LogP contribution is -2.11. The van der Waals surface area contributed by atoms with Crippen molar-refractivity contribution in [3.63, 3.8) is 0 Å². The van der Waals surface area contributed by atoms with Crippen molar-refractivity contribution in [1.82, 2.24) is 0 Å². The Hall–Kier alpha value is -0.520. The Morgan fingerprint density at radius 3 is 2.50 bits per heavy atom. The van der Waals surface area contributed by atoms with Gasteiger partial charge in [-0.05, 0) is 67.9 Å². The van der Waals surface area contributed by atoms with Crippen LogP contribution in [0.25, 0.3) is 0 Å². The maximum Gasteiger partial charge on any atom is -0.0228 e. The van der Waals surface area contributed by atoms with Gasteiger partial charge < -0.3 is 0 Å². The molecule has 0 aromatic carbocycles. The van der Waals surface area contributed by atoms with Gasteiger partial charge in [0.15, 0.2) is 0 Å². The summed E-state index contributed by atoms with van der Waals surface area (Å²) in [5, 5.41) is 0. The smallest absolute Gasteiger partial charge is 0.0228 e. The number of hydrogen-bond acceptors (Lipinski definition) is 0. The van der Waals surface area contributed by atoms with Crippen LogP contribution in [0.5, 0.6) is 0 Å². The summed E-state index contributed by atoms with van der Waals surface area (Å²) in [5.41, 5.74) is 3.90. The fourth-order valence-electron chi connectivity index (χ4n) is 3.08. The average Bonchev–Trinajstić information content (AvgIpc) is 2.57. The molecule has 0 spiro atoms. The van der Waals surface area contributed by atoms with E-state index in [0.29, 0.717) is 5.41 Å². The predicted octanol–water partition coefficient (Wildman–Crippen LogP) is 5.40. The average molecular weight is 218 g/mol. The molecule has 16 heavy (non-hydrogen) atoms. The van der Waals surface area contributed by atoms with E-state index >= 15 is 0 Å². The molecule has 2 aliphatic rings. The molecule has 0 aromatic heterocycles. The van der Waals surface area contributed by atoms with E-state index in [-0.39, 0.29) is 0 Å². The summed E-state index contributed by atoms with van der Waals surface area (Å²) in [6.45, 7) is 4.87. The highest BCUT2D eigenvalue weighted by Crippen LogP contribution is 2.38. The highest BCUT2D eigenvalue weighted by molar-refractivity contribution is 5.32. The molecular weight excluding hydrogens is 192 g/mol. The zero-order valence-corrected chi connectivity index (χ0v) is 11.0. The topological polar surface area (TPSA) is 0 Å². The van der Waals surface area contributed by atoms with E-state index in [9.17, 15) is 0 Å². The van der Waals surface area contributed by atoms with Gasteiger partial charge in [-0.3, -0.25) is 0 Å². The third-order valence-corrected chi connectivity index (χ3v) is 4.07. The molecule has 0 radical (unpaired) electrons. The van der Waals surface area contributed by atoms with E-state index in [0.717, 1.165) is 0 Å². The summed E-state index contributed by atoms with van der Waals surface area (Å²) >= 11 is 0. The van der Waals surface area contributed by atoms with Crippen LogP contribution in [0.4, 0.5) is 0 Å². The molecule has 2 rings (SSSR count). The Balaban J connectivity index is 2.11. The van der Waals surface area contributed by atoms with Crippen LogP contribution < -0.4 is 0 Å². The zero-order chi connectivity index (χ0) is 11.4. The molecule has 0 atom stereocenters. The SMILES string of the molecule is CC1(C)CCCC=C(C2=CCCCCC2)C1. The summed E-state index contributed by atoms with van der Waals surface area (Å²) in [5.74, 6) is 0. The minimum atomic E-state index is 0.523. The minimum absolute atomic E-state index is 0.523. The fraction of sp³-hybridized carbons (Fsp3) is 0.750. The van der Waals surface area contributed by atoms with Crippen LogP contribution in [0.1, 0.15) is 71.6 Å². The van der Waals surface area contributed by atoms with E-state index in [1.165, 1.54) is 57.8 Å². The number of allylic oxidation sites excluding steroid dienone is 4. The molecule has 0 amide bonds. The van der Waals surface area contributed by atoms with Crippen molar-refractivity contribution in [2.45, 2.75) is 71.6 Å². The van der Waals surface area contributed by atoms with Crippen molar-refractivity contribution < 1.29 is 0 Å². The predicted molar refractivity (Wildman–Crippen MR) is 71.5 cm³/mol. The van der Waals surface area contributed by atoms with Crippen molar-refractivity contribution in [3.8, 4) is 0 Å². The van der Waals surface area contributed by atoms with Gasteiger partial charge in [0.05, 0.1) is 0 Å². The summed E-state index contributed by atoms with van der Waals surface area (Å²) in [4.78, 5) is 0. The molecule has 0 aromatic rings. The Labute approximate surface area is 101 Å². The van der Waals surface area contributed by atoms with Gasteiger partial charge in [0.25, 0.3) is 0 Å². The van der Waals surface area contributed by atoms with Gasteiger partial charge in [0.2, 0.25) is 0 Å². The Morgan fingerprint density at radius 2 is 1.62 bits per heavy atom. The first-order valence-electron chi connectivity index (χ1n) is 7.06. The van der Waals surface area contributed by atoms with Gasteiger partial charge in [-0.1, -0.05) is 32.4 Å². The fourth-order valence-corrected chi connectivity index (χ4v) is 3.08. The molecule has 0 aliphatic heterocycles. The molecular formula is C16H26. The van der Waals surface area contributed by atoms with Crippen molar-refractivity contribution >= 4 is 0 Å². The molecule has 0 saturated heterocycles. The normalized spacial score (nSPS) is 26.4. The van der Waals surface area contributed by atoms with E-state index < -0.39 is 0 Å². The minimum Gasteiger partial charge on any atom is -0.0811 e. The van der Waals surface area contributed by atoms with Crippen molar-refractivity contribution in [2.24, 2.45) is 5.41 Å². The molecule has 2 aliphatic carbocycles. The van der Waals surface area contributed by atoms with Crippen molar-refractivity contribution in [2.75, 3.05) is 0 Å². The Kier molecular flexibility index (Phi) is 3.89. The van der Waals surface area contributed by atoms with Gasteiger partial charge in [-0.2, -0.15) is 0 Å². The van der Waals surface area contributed by atoms with Crippen molar-refractivity contribution in [3.05, 3.63) is 23.3 Å². The zero-order valence-electron chi connectivity index (χ0n) is 11.0. The third kappa shape index (κ3) is 3.23. The Bertz CT molecular complexity index is 291. The van der Waals surface area contributed by atoms with Crippen LogP contribution in [0.3, 0.4) is 0 Å². The number of rotatable bonds is 1. The van der Waals surface area contributed by atoms with Crippen molar-refractivity contribution in [1.29, 1.82) is 0 Å². The first kappa shape index (κ1) is 12.0. The van der Waals surface area contributed by atoms with E-state index in [1.807, 2.05) is 0 Å². The van der Waals surface area contributed by atoms with Crippen LogP contribution in [-0.2, 0) is 0 Å². The lowest BCUT2D eigenvalue weighted by molar-refractivity contribution is 0.332. The van der Waals surface area contributed by atoms with Gasteiger partial charge in [-0.15, -0.1) is 0 Å². The summed E-state index contributed by atoms with van der Waals surface area (Å²) < 4.78 is 0. The second-order valence-corrected chi connectivity index (χ2v) is 6.29. The Morgan fingerprint density at radius 1 is 0.875 bits per heavy atom. The van der Waals surface area contributed by atoms with Crippen LogP contribution in [0, 0.1) is 5.41 Å². The number of hydrogen-bond donors (Lipinski definition) is 0. The second-order valence-electron chi connectivity index (χ2n) is 6.29. The molecule has 90 valence electrons. The highest BCUT2D eigenvalue weighted by atomic mass is 14.3. The van der Waals surface area contributed by atoms with Crippen LogP contribution in [0.2, 0.25) is 0 Å². The molecule has 0 heteroatoms. The first-order chi connectivity index (χ1) is 7.67. The molecule has 0 N–H and O–H groups in total. The van der Waals surface area contributed by atoms with E-state index in [4.69, 9.17) is 0 Å². The van der Waals surface area contributed by atoms with Gasteiger partial charge in [-0.25, -0.2) is 0 Å². The maximum absolute atomic E-state index is 2.53.